The molecule has 1 rings (SSSR count). The highest BCUT2D eigenvalue weighted by Gasteiger charge is 2.36. The number of hydrogen-bond acceptors (Lipinski definition) is 1. The minimum atomic E-state index is -4.77. The zero-order chi connectivity index (χ0) is 11.8. The highest BCUT2D eigenvalue weighted by molar-refractivity contribution is 6.31. The first-order chi connectivity index (χ1) is 6.75. The molecule has 0 aromatic heterocycles. The molecule has 15 heavy (non-hydrogen) atoms. The van der Waals surface area contributed by atoms with Crippen LogP contribution >= 0.6 is 11.6 Å². The Labute approximate surface area is 87.7 Å². The summed E-state index contributed by atoms with van der Waals surface area (Å²) in [5, 5.41) is -0.506. The van der Waals surface area contributed by atoms with E-state index in [0.717, 1.165) is 13.0 Å². The highest BCUT2D eigenvalue weighted by Crippen LogP contribution is 2.35. The Kier molecular flexibility index (Phi) is 3.04. The summed E-state index contributed by atoms with van der Waals surface area (Å²) in [5.74, 6) is -2.35. The Balaban J connectivity index is 3.55. The molecule has 0 N–H and O–H groups in total. The van der Waals surface area contributed by atoms with Crippen molar-refractivity contribution in [1.82, 2.24) is 0 Å². The van der Waals surface area contributed by atoms with Gasteiger partial charge in [0.2, 0.25) is 0 Å². The molecule has 1 aromatic rings. The molecule has 1 aromatic carbocycles. The lowest BCUT2D eigenvalue weighted by molar-refractivity contribution is -0.138. The van der Waals surface area contributed by atoms with E-state index in [2.05, 4.69) is 0 Å². The molecule has 0 radical (unpaired) electrons. The van der Waals surface area contributed by atoms with E-state index < -0.39 is 33.9 Å². The van der Waals surface area contributed by atoms with Crippen molar-refractivity contribution in [2.24, 2.45) is 0 Å². The van der Waals surface area contributed by atoms with Gasteiger partial charge in [0.1, 0.15) is 0 Å². The van der Waals surface area contributed by atoms with Crippen LogP contribution in [-0.2, 0) is 6.18 Å². The van der Waals surface area contributed by atoms with E-state index in [4.69, 9.17) is 11.6 Å². The van der Waals surface area contributed by atoms with Gasteiger partial charge in [0.15, 0.2) is 11.6 Å². The van der Waals surface area contributed by atoms with Crippen LogP contribution in [0.5, 0.6) is 0 Å². The fourth-order valence-electron chi connectivity index (χ4n) is 1.13. The number of alkyl halides is 3. The third-order valence-electron chi connectivity index (χ3n) is 1.75. The van der Waals surface area contributed by atoms with Crippen molar-refractivity contribution < 1.29 is 22.4 Å². The number of benzene rings is 1. The van der Waals surface area contributed by atoms with E-state index in [0.29, 0.717) is 6.07 Å². The summed E-state index contributed by atoms with van der Waals surface area (Å²) in [6.45, 7) is 0.851. The van der Waals surface area contributed by atoms with Crippen LogP contribution in [0.4, 0.5) is 17.6 Å². The maximum atomic E-state index is 13.2. The molecule has 0 bridgehead atoms. The Hall–Kier alpha value is -1.10. The highest BCUT2D eigenvalue weighted by atomic mass is 35.5. The first kappa shape index (κ1) is 12.0. The van der Waals surface area contributed by atoms with E-state index in [-0.39, 0.29) is 0 Å². The molecular formula is C9H5ClF4O. The van der Waals surface area contributed by atoms with E-state index in [1.807, 2.05) is 0 Å². The second-order valence-electron chi connectivity index (χ2n) is 2.84. The largest absolute Gasteiger partial charge is 0.417 e. The summed E-state index contributed by atoms with van der Waals surface area (Å²) in [5.41, 5.74) is -2.33. The molecule has 0 aliphatic heterocycles. The lowest BCUT2D eigenvalue weighted by Gasteiger charge is -2.11. The molecule has 0 saturated heterocycles. The van der Waals surface area contributed by atoms with E-state index in [1.54, 1.807) is 0 Å². The predicted octanol–water partition coefficient (Wildman–Crippen LogP) is 3.70. The number of carbonyl (C=O) groups excluding carboxylic acids is 1. The van der Waals surface area contributed by atoms with Crippen LogP contribution in [0.15, 0.2) is 12.1 Å². The molecule has 0 aliphatic rings. The summed E-state index contributed by atoms with van der Waals surface area (Å²) in [6, 6.07) is 1.36. The summed E-state index contributed by atoms with van der Waals surface area (Å²) in [4.78, 5) is 10.9. The smallest absolute Gasteiger partial charge is 0.294 e. The first-order valence-corrected chi connectivity index (χ1v) is 4.19. The topological polar surface area (TPSA) is 17.1 Å². The van der Waals surface area contributed by atoms with Gasteiger partial charge in [-0.15, -0.1) is 0 Å². The maximum absolute atomic E-state index is 13.2. The molecule has 0 unspecified atom stereocenters. The molecule has 1 nitrogen and oxygen atoms in total. The number of ketones is 1. The SMILES string of the molecule is CC(=O)c1c(C(F)(F)F)ccc(Cl)c1F. The molecule has 82 valence electrons. The number of halogens is 5. The summed E-state index contributed by atoms with van der Waals surface area (Å²) in [7, 11) is 0. The van der Waals surface area contributed by atoms with Crippen molar-refractivity contribution in [3.63, 3.8) is 0 Å². The van der Waals surface area contributed by atoms with Gasteiger partial charge in [-0.3, -0.25) is 4.79 Å². The molecular weight excluding hydrogens is 236 g/mol. The monoisotopic (exact) mass is 240 g/mol. The normalized spacial score (nSPS) is 11.6. The number of carbonyl (C=O) groups is 1. The number of Topliss-reactive ketones (excluding diaryl/α,β-unsaturated/α-hetero) is 1. The maximum Gasteiger partial charge on any atom is 0.417 e. The molecule has 0 amide bonds. The first-order valence-electron chi connectivity index (χ1n) is 3.81. The lowest BCUT2D eigenvalue weighted by atomic mass is 10.0. The quantitative estimate of drug-likeness (QED) is 0.540. The Morgan fingerprint density at radius 3 is 2.27 bits per heavy atom. The van der Waals surface area contributed by atoms with Gasteiger partial charge < -0.3 is 0 Å². The molecule has 0 fully saturated rings. The van der Waals surface area contributed by atoms with Crippen molar-refractivity contribution >= 4 is 17.4 Å². The fourth-order valence-corrected chi connectivity index (χ4v) is 1.29. The van der Waals surface area contributed by atoms with E-state index in [9.17, 15) is 22.4 Å². The average molecular weight is 241 g/mol. The van der Waals surface area contributed by atoms with Crippen LogP contribution in [-0.4, -0.2) is 5.78 Å². The van der Waals surface area contributed by atoms with Gasteiger partial charge in [-0.2, -0.15) is 13.2 Å². The molecule has 0 heterocycles. The molecule has 0 aliphatic carbocycles. The van der Waals surface area contributed by atoms with Crippen molar-refractivity contribution in [2.75, 3.05) is 0 Å². The third-order valence-corrected chi connectivity index (χ3v) is 2.04. The van der Waals surface area contributed by atoms with Crippen molar-refractivity contribution in [2.45, 2.75) is 13.1 Å². The van der Waals surface area contributed by atoms with Crippen LogP contribution in [0.1, 0.15) is 22.8 Å². The van der Waals surface area contributed by atoms with Crippen molar-refractivity contribution in [1.29, 1.82) is 0 Å². The van der Waals surface area contributed by atoms with Gasteiger partial charge in [-0.25, -0.2) is 4.39 Å². The second-order valence-corrected chi connectivity index (χ2v) is 3.25. The van der Waals surface area contributed by atoms with Gasteiger partial charge in [-0.1, -0.05) is 11.6 Å². The molecule has 0 spiro atoms. The van der Waals surface area contributed by atoms with Crippen molar-refractivity contribution in [3.8, 4) is 0 Å². The standard InChI is InChI=1S/C9H5ClF4O/c1-4(15)7-5(9(12,13)14)2-3-6(10)8(7)11/h2-3H,1H3. The van der Waals surface area contributed by atoms with Gasteiger partial charge >= 0.3 is 6.18 Å². The van der Waals surface area contributed by atoms with Crippen molar-refractivity contribution in [3.05, 3.63) is 34.1 Å². The van der Waals surface area contributed by atoms with Crippen LogP contribution < -0.4 is 0 Å². The zero-order valence-electron chi connectivity index (χ0n) is 7.45. The number of rotatable bonds is 1. The third kappa shape index (κ3) is 2.28. The van der Waals surface area contributed by atoms with E-state index >= 15 is 0 Å². The van der Waals surface area contributed by atoms with Crippen LogP contribution in [0.3, 0.4) is 0 Å². The van der Waals surface area contributed by atoms with Gasteiger partial charge in [0.25, 0.3) is 0 Å². The van der Waals surface area contributed by atoms with Crippen LogP contribution in [0.2, 0.25) is 5.02 Å². The Morgan fingerprint density at radius 1 is 1.33 bits per heavy atom. The lowest BCUT2D eigenvalue weighted by Crippen LogP contribution is -2.13. The molecule has 6 heteroatoms. The average Bonchev–Trinajstić information content (AvgIpc) is 2.06. The summed E-state index contributed by atoms with van der Waals surface area (Å²) in [6.07, 6.45) is -4.77. The van der Waals surface area contributed by atoms with Crippen LogP contribution in [0, 0.1) is 5.82 Å². The minimum Gasteiger partial charge on any atom is -0.294 e. The minimum absolute atomic E-state index is 0.506. The summed E-state index contributed by atoms with van der Waals surface area (Å²) < 4.78 is 50.3. The van der Waals surface area contributed by atoms with Gasteiger partial charge in [0.05, 0.1) is 16.1 Å². The predicted molar refractivity (Wildman–Crippen MR) is 46.4 cm³/mol. The molecule has 0 saturated carbocycles. The fraction of sp³-hybridized carbons (Fsp3) is 0.222. The van der Waals surface area contributed by atoms with Gasteiger partial charge in [0, 0.05) is 0 Å². The van der Waals surface area contributed by atoms with E-state index in [1.165, 1.54) is 0 Å². The zero-order valence-corrected chi connectivity index (χ0v) is 8.21. The second kappa shape index (κ2) is 3.81. The van der Waals surface area contributed by atoms with Gasteiger partial charge in [-0.05, 0) is 19.1 Å². The van der Waals surface area contributed by atoms with Crippen LogP contribution in [0.25, 0.3) is 0 Å². The Morgan fingerprint density at radius 2 is 1.87 bits per heavy atom. The number of hydrogen-bond donors (Lipinski definition) is 0. The molecule has 0 atom stereocenters. The summed E-state index contributed by atoms with van der Waals surface area (Å²) >= 11 is 5.29. The Bertz CT molecular complexity index is 411.